The van der Waals surface area contributed by atoms with E-state index in [0.717, 1.165) is 0 Å². The standard InChI is InChI=1S/C4H2N10O16/c15-7(16)1(8(17)18)2(9(19)20,10(21)22)6-4(13(27)28,14(29)30)3(5-1,11(23)24)12(25)26/h5-6H. The summed E-state index contributed by atoms with van der Waals surface area (Å²) in [4.78, 5) is 69.3. The fourth-order valence-electron chi connectivity index (χ4n) is 2.48. The van der Waals surface area contributed by atoms with Crippen molar-refractivity contribution in [3.63, 3.8) is 0 Å². The number of rotatable bonds is 8. The van der Waals surface area contributed by atoms with E-state index in [4.69, 9.17) is 0 Å². The van der Waals surface area contributed by atoms with E-state index in [1.54, 1.807) is 0 Å². The Bertz CT molecular complexity index is 719. The van der Waals surface area contributed by atoms with Gasteiger partial charge in [-0.15, -0.1) is 0 Å². The van der Waals surface area contributed by atoms with Crippen molar-refractivity contribution in [2.45, 2.75) is 23.1 Å². The lowest BCUT2D eigenvalue weighted by molar-refractivity contribution is -1.02. The number of nitro groups is 8. The van der Waals surface area contributed by atoms with Crippen LogP contribution in [0.1, 0.15) is 0 Å². The molecule has 1 fully saturated rings. The topological polar surface area (TPSA) is 369 Å². The van der Waals surface area contributed by atoms with Gasteiger partial charge in [-0.2, -0.15) is 0 Å². The van der Waals surface area contributed by atoms with Crippen molar-refractivity contribution in [2.75, 3.05) is 0 Å². The Morgan fingerprint density at radius 1 is 0.333 bits per heavy atom. The molecule has 0 aliphatic carbocycles. The second kappa shape index (κ2) is 6.33. The van der Waals surface area contributed by atoms with E-state index in [0.29, 0.717) is 0 Å². The first-order valence-electron chi connectivity index (χ1n) is 6.21. The highest BCUT2D eigenvalue weighted by atomic mass is 16.8. The maximum absolute atomic E-state index is 11.3. The second-order valence-electron chi connectivity index (χ2n) is 5.00. The molecule has 0 aromatic carbocycles. The Kier molecular flexibility index (Phi) is 4.89. The van der Waals surface area contributed by atoms with Gasteiger partial charge in [0.15, 0.2) is 0 Å². The van der Waals surface area contributed by atoms with Gasteiger partial charge in [0.1, 0.15) is 39.4 Å². The van der Waals surface area contributed by atoms with E-state index in [-0.39, 0.29) is 10.6 Å². The van der Waals surface area contributed by atoms with Crippen LogP contribution in [0.4, 0.5) is 0 Å². The molecule has 1 aliphatic rings. The van der Waals surface area contributed by atoms with Crippen molar-refractivity contribution in [2.24, 2.45) is 0 Å². The van der Waals surface area contributed by atoms with Gasteiger partial charge in [-0.05, 0) is 10.6 Å². The van der Waals surface area contributed by atoms with E-state index in [1.807, 2.05) is 0 Å². The number of hydrogen-bond donors (Lipinski definition) is 2. The molecule has 0 radical (unpaired) electrons. The minimum Gasteiger partial charge on any atom is -0.257 e. The summed E-state index contributed by atoms with van der Waals surface area (Å²) in [6.45, 7) is 0. The zero-order valence-electron chi connectivity index (χ0n) is 13.1. The van der Waals surface area contributed by atoms with E-state index in [1.165, 1.54) is 0 Å². The van der Waals surface area contributed by atoms with Crippen LogP contribution in [0.3, 0.4) is 0 Å². The zero-order chi connectivity index (χ0) is 24.0. The van der Waals surface area contributed by atoms with Gasteiger partial charge < -0.3 is 0 Å². The molecular formula is C4H2N10O16. The van der Waals surface area contributed by atoms with Gasteiger partial charge in [0.05, 0.1) is 0 Å². The zero-order valence-corrected chi connectivity index (χ0v) is 13.1. The molecule has 30 heavy (non-hydrogen) atoms. The summed E-state index contributed by atoms with van der Waals surface area (Å²) in [5, 5.41) is 90.5. The molecule has 164 valence electrons. The lowest BCUT2D eigenvalue weighted by Crippen LogP contribution is -3.00. The molecule has 0 saturated carbocycles. The first-order chi connectivity index (χ1) is 13.5. The van der Waals surface area contributed by atoms with E-state index in [9.17, 15) is 80.9 Å². The molecule has 26 nitrogen and oxygen atoms in total. The largest absolute Gasteiger partial charge is 0.692 e. The van der Waals surface area contributed by atoms with Gasteiger partial charge >= 0.3 is 23.1 Å². The molecule has 0 aromatic heterocycles. The summed E-state index contributed by atoms with van der Waals surface area (Å²) in [5.74, 6) is -21.8. The molecule has 0 aromatic rings. The number of hydrogen-bond acceptors (Lipinski definition) is 18. The van der Waals surface area contributed by atoms with E-state index in [2.05, 4.69) is 0 Å². The molecule has 0 atom stereocenters. The van der Waals surface area contributed by atoms with Crippen molar-refractivity contribution in [3.05, 3.63) is 80.9 Å². The van der Waals surface area contributed by atoms with Crippen LogP contribution in [0.25, 0.3) is 0 Å². The van der Waals surface area contributed by atoms with Crippen LogP contribution < -0.4 is 10.6 Å². The van der Waals surface area contributed by atoms with E-state index >= 15 is 0 Å². The van der Waals surface area contributed by atoms with Crippen molar-refractivity contribution in [3.8, 4) is 0 Å². The van der Waals surface area contributed by atoms with Crippen molar-refractivity contribution < 1.29 is 39.4 Å². The molecule has 0 bridgehead atoms. The number of nitrogens with zero attached hydrogens (tertiary/aromatic N) is 8. The van der Waals surface area contributed by atoms with Crippen LogP contribution in [-0.4, -0.2) is 62.5 Å². The summed E-state index contributed by atoms with van der Waals surface area (Å²) in [5.41, 5.74) is 0. The van der Waals surface area contributed by atoms with Crippen molar-refractivity contribution >= 4 is 0 Å². The number of piperazine rings is 1. The number of nitrogens with one attached hydrogen (secondary N) is 2. The molecule has 1 rings (SSSR count). The average Bonchev–Trinajstić information content (AvgIpc) is 2.57. The smallest absolute Gasteiger partial charge is 0.257 e. The third-order valence-corrected chi connectivity index (χ3v) is 3.78. The van der Waals surface area contributed by atoms with Crippen LogP contribution in [-0.2, 0) is 0 Å². The lowest BCUT2D eigenvalue weighted by Gasteiger charge is -2.33. The van der Waals surface area contributed by atoms with Gasteiger partial charge in [-0.1, -0.05) is 0 Å². The molecule has 1 heterocycles. The summed E-state index contributed by atoms with van der Waals surface area (Å²) in [6, 6.07) is 0. The third-order valence-electron chi connectivity index (χ3n) is 3.78. The van der Waals surface area contributed by atoms with Crippen LogP contribution in [0.2, 0.25) is 0 Å². The molecule has 0 spiro atoms. The lowest BCUT2D eigenvalue weighted by atomic mass is 9.99. The maximum atomic E-state index is 11.3. The quantitative estimate of drug-likeness (QED) is 0.203. The van der Waals surface area contributed by atoms with Gasteiger partial charge in [0.2, 0.25) is 0 Å². The Hall–Kier alpha value is -4.88. The maximum Gasteiger partial charge on any atom is 0.692 e. The SMILES string of the molecule is O=[N+]([O-])C1([N+](=O)[O-])NC([N+](=O)[O-])([N+](=O)[O-])C([N+](=O)[O-])([N+](=O)[O-])NC1([N+](=O)[O-])[N+](=O)[O-]. The fraction of sp³-hybridized carbons (Fsp3) is 1.00. The first kappa shape index (κ1) is 23.2. The van der Waals surface area contributed by atoms with Crippen molar-refractivity contribution in [1.82, 2.24) is 10.6 Å². The molecule has 1 saturated heterocycles. The highest BCUT2D eigenvalue weighted by Crippen LogP contribution is 2.41. The second-order valence-corrected chi connectivity index (χ2v) is 5.00. The van der Waals surface area contributed by atoms with Gasteiger partial charge in [0, 0.05) is 0 Å². The van der Waals surface area contributed by atoms with E-state index < -0.39 is 62.5 Å². The summed E-state index contributed by atoms with van der Waals surface area (Å²) < 4.78 is 0. The predicted molar refractivity (Wildman–Crippen MR) is 73.2 cm³/mol. The first-order valence-corrected chi connectivity index (χ1v) is 6.21. The third kappa shape index (κ3) is 2.12. The van der Waals surface area contributed by atoms with Crippen LogP contribution in [0.15, 0.2) is 0 Å². The monoisotopic (exact) mass is 446 g/mol. The Labute approximate surface area is 155 Å². The minimum atomic E-state index is -5.45. The Morgan fingerprint density at radius 3 is 0.500 bits per heavy atom. The van der Waals surface area contributed by atoms with Crippen LogP contribution in [0, 0.1) is 80.9 Å². The molecule has 1 aliphatic heterocycles. The molecule has 0 amide bonds. The normalized spacial score (nSPS) is 20.3. The van der Waals surface area contributed by atoms with Crippen LogP contribution >= 0.6 is 0 Å². The molecular weight excluding hydrogens is 444 g/mol. The minimum absolute atomic E-state index is 0.0600. The fourth-order valence-corrected chi connectivity index (χ4v) is 2.48. The molecule has 2 N–H and O–H groups in total. The van der Waals surface area contributed by atoms with Crippen LogP contribution in [0.5, 0.6) is 0 Å². The Balaban J connectivity index is 4.50. The predicted octanol–water partition coefficient (Wildman–Crippen LogP) is -3.99. The molecule has 26 heteroatoms. The van der Waals surface area contributed by atoms with Gasteiger partial charge in [-0.3, -0.25) is 80.9 Å². The molecule has 0 unspecified atom stereocenters. The summed E-state index contributed by atoms with van der Waals surface area (Å²) >= 11 is 0. The highest BCUT2D eigenvalue weighted by molar-refractivity contribution is 4.99. The summed E-state index contributed by atoms with van der Waals surface area (Å²) in [7, 11) is 0. The summed E-state index contributed by atoms with van der Waals surface area (Å²) in [6.07, 6.45) is 0. The highest BCUT2D eigenvalue weighted by Gasteiger charge is 3.13. The van der Waals surface area contributed by atoms with Crippen molar-refractivity contribution in [1.29, 1.82) is 0 Å². The van der Waals surface area contributed by atoms with Gasteiger partial charge in [0.25, 0.3) is 0 Å². The van der Waals surface area contributed by atoms with Gasteiger partial charge in [-0.25, -0.2) is 0 Å². The average molecular weight is 446 g/mol. The Morgan fingerprint density at radius 2 is 0.433 bits per heavy atom.